The summed E-state index contributed by atoms with van der Waals surface area (Å²) in [5, 5.41) is 18.1. The second-order valence-electron chi connectivity index (χ2n) is 4.45. The number of aliphatic hydroxyl groups excluding tert-OH is 2. The molecule has 0 aliphatic rings. The molecular weight excluding hydrogens is 252 g/mol. The van der Waals surface area contributed by atoms with Gasteiger partial charge >= 0.3 is 5.69 Å². The Morgan fingerprint density at radius 3 is 2.68 bits per heavy atom. The highest BCUT2D eigenvalue weighted by atomic mass is 16.3. The summed E-state index contributed by atoms with van der Waals surface area (Å²) < 4.78 is 3.89. The van der Waals surface area contributed by atoms with Crippen molar-refractivity contribution in [3.05, 3.63) is 27.2 Å². The molecular formula is C11H16N4O4. The van der Waals surface area contributed by atoms with E-state index in [4.69, 9.17) is 5.11 Å². The monoisotopic (exact) mass is 268 g/mol. The van der Waals surface area contributed by atoms with E-state index in [-0.39, 0.29) is 13.0 Å². The Morgan fingerprint density at radius 1 is 1.37 bits per heavy atom. The Hall–Kier alpha value is -1.93. The van der Waals surface area contributed by atoms with Crippen LogP contribution in [0.5, 0.6) is 0 Å². The molecule has 19 heavy (non-hydrogen) atoms. The average molecular weight is 268 g/mol. The van der Waals surface area contributed by atoms with Crippen LogP contribution in [-0.2, 0) is 20.6 Å². The van der Waals surface area contributed by atoms with Crippen molar-refractivity contribution < 1.29 is 10.2 Å². The molecule has 0 amide bonds. The van der Waals surface area contributed by atoms with E-state index in [0.717, 1.165) is 4.57 Å². The average Bonchev–Trinajstić information content (AvgIpc) is 2.78. The van der Waals surface area contributed by atoms with Gasteiger partial charge in [0.15, 0.2) is 11.2 Å². The van der Waals surface area contributed by atoms with Crippen LogP contribution < -0.4 is 11.2 Å². The Bertz CT molecular complexity index is 712. The predicted molar refractivity (Wildman–Crippen MR) is 67.9 cm³/mol. The van der Waals surface area contributed by atoms with Gasteiger partial charge in [-0.1, -0.05) is 0 Å². The summed E-state index contributed by atoms with van der Waals surface area (Å²) in [6.45, 7) is -0.350. The van der Waals surface area contributed by atoms with Crippen molar-refractivity contribution in [3.8, 4) is 0 Å². The maximum absolute atomic E-state index is 12.2. The molecule has 1 unspecified atom stereocenters. The Labute approximate surface area is 108 Å². The zero-order valence-electron chi connectivity index (χ0n) is 10.8. The third-order valence-corrected chi connectivity index (χ3v) is 3.10. The number of aryl methyl sites for hydroxylation is 2. The molecule has 2 aromatic heterocycles. The number of aliphatic hydroxyl groups is 2. The molecule has 0 saturated heterocycles. The number of aromatic nitrogens is 4. The molecule has 2 N–H and O–H groups in total. The van der Waals surface area contributed by atoms with Gasteiger partial charge < -0.3 is 14.8 Å². The number of imidazole rings is 1. The molecule has 2 heterocycles. The first kappa shape index (κ1) is 13.5. The third-order valence-electron chi connectivity index (χ3n) is 3.10. The summed E-state index contributed by atoms with van der Waals surface area (Å²) in [7, 11) is 3.21. The fourth-order valence-corrected chi connectivity index (χ4v) is 1.96. The third kappa shape index (κ3) is 2.20. The van der Waals surface area contributed by atoms with Crippen molar-refractivity contribution in [2.45, 2.75) is 19.1 Å². The van der Waals surface area contributed by atoms with Gasteiger partial charge in [-0.3, -0.25) is 13.9 Å². The molecule has 0 aliphatic heterocycles. The van der Waals surface area contributed by atoms with Gasteiger partial charge in [0.1, 0.15) is 0 Å². The van der Waals surface area contributed by atoms with Crippen LogP contribution in [0.15, 0.2) is 15.9 Å². The Balaban J connectivity index is 2.58. The standard InChI is InChI=1S/C11H16N4O4/c1-13-6-12-9-8(13)10(18)15(11(19)14(9)2)4-3-7(17)5-16/h6-7,16-17H,3-5H2,1-2H3. The van der Waals surface area contributed by atoms with Crippen molar-refractivity contribution in [3.63, 3.8) is 0 Å². The molecule has 104 valence electrons. The summed E-state index contributed by atoms with van der Waals surface area (Å²) in [4.78, 5) is 28.3. The molecule has 8 heteroatoms. The first-order valence-corrected chi connectivity index (χ1v) is 5.87. The molecule has 0 bridgehead atoms. The lowest BCUT2D eigenvalue weighted by atomic mass is 10.2. The van der Waals surface area contributed by atoms with Crippen LogP contribution in [0.2, 0.25) is 0 Å². The largest absolute Gasteiger partial charge is 0.394 e. The minimum atomic E-state index is -0.946. The van der Waals surface area contributed by atoms with Gasteiger partial charge in [0.2, 0.25) is 0 Å². The van der Waals surface area contributed by atoms with E-state index in [0.29, 0.717) is 11.2 Å². The van der Waals surface area contributed by atoms with Gasteiger partial charge in [-0.2, -0.15) is 0 Å². The molecule has 8 nitrogen and oxygen atoms in total. The van der Waals surface area contributed by atoms with E-state index in [1.807, 2.05) is 0 Å². The van der Waals surface area contributed by atoms with Crippen molar-refractivity contribution in [1.29, 1.82) is 0 Å². The van der Waals surface area contributed by atoms with Gasteiger partial charge in [-0.25, -0.2) is 9.78 Å². The van der Waals surface area contributed by atoms with E-state index in [1.165, 1.54) is 17.9 Å². The van der Waals surface area contributed by atoms with E-state index in [1.54, 1.807) is 11.6 Å². The molecule has 0 spiro atoms. The molecule has 2 aromatic rings. The van der Waals surface area contributed by atoms with Crippen molar-refractivity contribution in [2.24, 2.45) is 14.1 Å². The topological polar surface area (TPSA) is 102 Å². The van der Waals surface area contributed by atoms with Crippen LogP contribution >= 0.6 is 0 Å². The summed E-state index contributed by atoms with van der Waals surface area (Å²) in [6.07, 6.45) is 0.659. The summed E-state index contributed by atoms with van der Waals surface area (Å²) >= 11 is 0. The predicted octanol–water partition coefficient (Wildman–Crippen LogP) is -1.82. The number of nitrogens with zero attached hydrogens (tertiary/aromatic N) is 4. The smallest absolute Gasteiger partial charge is 0.332 e. The lowest BCUT2D eigenvalue weighted by Gasteiger charge is -2.10. The van der Waals surface area contributed by atoms with Crippen LogP contribution in [0.4, 0.5) is 0 Å². The minimum Gasteiger partial charge on any atom is -0.394 e. The minimum absolute atomic E-state index is 0.0500. The van der Waals surface area contributed by atoms with Crippen LogP contribution in [0, 0.1) is 0 Å². The van der Waals surface area contributed by atoms with Gasteiger partial charge in [-0.05, 0) is 6.42 Å². The normalized spacial score (nSPS) is 13.1. The fraction of sp³-hybridized carbons (Fsp3) is 0.545. The summed E-state index contributed by atoms with van der Waals surface area (Å²) in [5.74, 6) is 0. The van der Waals surface area contributed by atoms with E-state index in [9.17, 15) is 14.7 Å². The summed E-state index contributed by atoms with van der Waals surface area (Å²) in [5.41, 5.74) is -0.262. The van der Waals surface area contributed by atoms with Crippen LogP contribution in [0.3, 0.4) is 0 Å². The van der Waals surface area contributed by atoms with E-state index >= 15 is 0 Å². The highest BCUT2D eigenvalue weighted by molar-refractivity contribution is 5.69. The second kappa shape index (κ2) is 4.98. The number of fused-ring (bicyclic) bond motifs is 1. The van der Waals surface area contributed by atoms with Gasteiger partial charge in [0, 0.05) is 20.6 Å². The quantitative estimate of drug-likeness (QED) is 0.679. The van der Waals surface area contributed by atoms with Crippen molar-refractivity contribution in [1.82, 2.24) is 18.7 Å². The summed E-state index contributed by atoms with van der Waals surface area (Å²) in [6, 6.07) is 0. The maximum atomic E-state index is 12.2. The zero-order valence-corrected chi connectivity index (χ0v) is 10.8. The number of rotatable bonds is 4. The number of hydrogen-bond donors (Lipinski definition) is 2. The van der Waals surface area contributed by atoms with Gasteiger partial charge in [0.05, 0.1) is 19.0 Å². The number of hydrogen-bond acceptors (Lipinski definition) is 5. The zero-order chi connectivity index (χ0) is 14.2. The van der Waals surface area contributed by atoms with E-state index in [2.05, 4.69) is 4.98 Å². The SMILES string of the molecule is Cn1cnc2c1c(=O)n(CCC(O)CO)c(=O)n2C. The van der Waals surface area contributed by atoms with Gasteiger partial charge in [0.25, 0.3) is 5.56 Å². The second-order valence-corrected chi connectivity index (χ2v) is 4.45. The van der Waals surface area contributed by atoms with Crippen LogP contribution in [-0.4, -0.2) is 41.6 Å². The molecule has 0 fully saturated rings. The highest BCUT2D eigenvalue weighted by Crippen LogP contribution is 2.03. The molecule has 2 rings (SSSR count). The fourth-order valence-electron chi connectivity index (χ4n) is 1.96. The Kier molecular flexibility index (Phi) is 3.54. The van der Waals surface area contributed by atoms with Crippen molar-refractivity contribution >= 4 is 11.2 Å². The highest BCUT2D eigenvalue weighted by Gasteiger charge is 2.15. The lowest BCUT2D eigenvalue weighted by Crippen LogP contribution is -2.40. The van der Waals surface area contributed by atoms with Crippen molar-refractivity contribution in [2.75, 3.05) is 6.61 Å². The maximum Gasteiger partial charge on any atom is 0.332 e. The van der Waals surface area contributed by atoms with E-state index < -0.39 is 24.0 Å². The molecule has 0 aliphatic carbocycles. The first-order valence-electron chi connectivity index (χ1n) is 5.87. The molecule has 0 saturated carbocycles. The van der Waals surface area contributed by atoms with Crippen LogP contribution in [0.1, 0.15) is 6.42 Å². The first-order chi connectivity index (χ1) is 8.97. The van der Waals surface area contributed by atoms with Crippen LogP contribution in [0.25, 0.3) is 11.2 Å². The molecule has 1 atom stereocenters. The molecule has 0 aromatic carbocycles. The Morgan fingerprint density at radius 2 is 2.05 bits per heavy atom. The molecule has 0 radical (unpaired) electrons. The lowest BCUT2D eigenvalue weighted by molar-refractivity contribution is 0.0840. The van der Waals surface area contributed by atoms with Gasteiger partial charge in [-0.15, -0.1) is 0 Å².